The third kappa shape index (κ3) is 3.38. The number of allylic oxidation sites excluding steroid dienone is 2. The number of aliphatic hydroxyl groups is 2. The molecule has 1 aromatic carbocycles. The molecule has 9 nitrogen and oxygen atoms in total. The van der Waals surface area contributed by atoms with Gasteiger partial charge in [-0.1, -0.05) is 6.92 Å². The summed E-state index contributed by atoms with van der Waals surface area (Å²) in [6.45, 7) is 2.91. The number of aliphatic hydroxyl groups excluding tert-OH is 2. The van der Waals surface area contributed by atoms with Gasteiger partial charge >= 0.3 is 0 Å². The van der Waals surface area contributed by atoms with Crippen LogP contribution in [-0.4, -0.2) is 51.9 Å². The molecule has 5 rings (SSSR count). The second-order valence-electron chi connectivity index (χ2n) is 9.73. The Morgan fingerprint density at radius 3 is 2.63 bits per heavy atom. The lowest BCUT2D eigenvalue weighted by atomic mass is 9.61. The van der Waals surface area contributed by atoms with Crippen LogP contribution in [0.15, 0.2) is 28.7 Å². The second-order valence-corrected chi connectivity index (χ2v) is 9.73. The molecule has 1 heterocycles. The normalized spacial score (nSPS) is 30.3. The van der Waals surface area contributed by atoms with Gasteiger partial charge in [0.1, 0.15) is 28.7 Å². The highest BCUT2D eigenvalue weighted by Gasteiger charge is 2.54. The number of halogens is 1. The van der Waals surface area contributed by atoms with Gasteiger partial charge in [-0.05, 0) is 56.7 Å². The molecular formula is C25H28FN3O6. The van der Waals surface area contributed by atoms with Gasteiger partial charge in [0.2, 0.25) is 0 Å². The lowest BCUT2D eigenvalue weighted by Gasteiger charge is -2.44. The molecule has 1 saturated heterocycles. The van der Waals surface area contributed by atoms with Gasteiger partial charge in [-0.25, -0.2) is 4.39 Å². The molecule has 186 valence electrons. The fourth-order valence-electron chi connectivity index (χ4n) is 6.40. The first-order valence-electron chi connectivity index (χ1n) is 11.9. The van der Waals surface area contributed by atoms with Crippen molar-refractivity contribution in [1.29, 1.82) is 0 Å². The van der Waals surface area contributed by atoms with E-state index in [-0.39, 0.29) is 41.3 Å². The number of rotatable bonds is 4. The zero-order valence-corrected chi connectivity index (χ0v) is 19.2. The number of phenolic OH excluding ortho intramolecular Hbond substituents is 1. The van der Waals surface area contributed by atoms with Crippen LogP contribution >= 0.6 is 0 Å². The van der Waals surface area contributed by atoms with E-state index in [1.807, 2.05) is 0 Å². The predicted molar refractivity (Wildman–Crippen MR) is 122 cm³/mol. The zero-order chi connectivity index (χ0) is 25.2. The number of nitrogens with two attached hydrogens (primary N) is 1. The molecule has 1 aliphatic heterocycles. The Bertz CT molecular complexity index is 1220. The number of nitrogens with one attached hydrogen (secondary N) is 2. The predicted octanol–water partition coefficient (Wildman–Crippen LogP) is 1.62. The first-order chi connectivity index (χ1) is 16.7. The van der Waals surface area contributed by atoms with Crippen molar-refractivity contribution in [3.63, 3.8) is 0 Å². The van der Waals surface area contributed by atoms with Gasteiger partial charge in [0.15, 0.2) is 11.6 Å². The standard InChI is InChI=1S/C25H28FN3O6/c1-2-28-20-12-7-9-6-11-16(14(30)8-10(19(11)26)13-4-3-5-29-13)21(31)15(9)22(32)17(12)23(33)18(24(20)34)25(27)35/h8-9,12-13,17,20,28-30,32,34H,2-7H2,1H3,(H2,27,35)/t9-,12+,13?,17+,20-/m0/s1. The van der Waals surface area contributed by atoms with Crippen molar-refractivity contribution in [3.05, 3.63) is 51.2 Å². The molecule has 35 heavy (non-hydrogen) atoms. The van der Waals surface area contributed by atoms with Crippen molar-refractivity contribution < 1.29 is 34.1 Å². The number of hydrogen-bond donors (Lipinski definition) is 6. The summed E-state index contributed by atoms with van der Waals surface area (Å²) in [6, 6.07) is 0.154. The van der Waals surface area contributed by atoms with Crippen molar-refractivity contribution in [2.75, 3.05) is 13.1 Å². The molecule has 7 N–H and O–H groups in total. The minimum absolute atomic E-state index is 0.0455. The lowest BCUT2D eigenvalue weighted by molar-refractivity contribution is -0.126. The van der Waals surface area contributed by atoms with Crippen molar-refractivity contribution in [3.8, 4) is 5.75 Å². The average Bonchev–Trinajstić information content (AvgIpc) is 3.33. The molecule has 0 spiro atoms. The Morgan fingerprint density at radius 2 is 2.00 bits per heavy atom. The van der Waals surface area contributed by atoms with Gasteiger partial charge in [0.25, 0.3) is 5.91 Å². The molecule has 0 aromatic heterocycles. The number of aromatic hydroxyl groups is 1. The summed E-state index contributed by atoms with van der Waals surface area (Å²) in [5, 5.41) is 38.9. The fourth-order valence-corrected chi connectivity index (χ4v) is 6.40. The average molecular weight is 486 g/mol. The van der Waals surface area contributed by atoms with Crippen LogP contribution in [0.1, 0.15) is 53.7 Å². The first-order valence-corrected chi connectivity index (χ1v) is 11.9. The fraction of sp³-hybridized carbons (Fsp3) is 0.480. The van der Waals surface area contributed by atoms with Gasteiger partial charge in [-0.3, -0.25) is 14.4 Å². The van der Waals surface area contributed by atoms with Gasteiger partial charge in [0.05, 0.1) is 17.5 Å². The Labute approximate surface area is 200 Å². The van der Waals surface area contributed by atoms with Gasteiger partial charge in [0, 0.05) is 22.7 Å². The number of Topliss-reactive ketones (excluding diaryl/α,β-unsaturated/α-hetero) is 2. The minimum Gasteiger partial charge on any atom is -0.511 e. The number of hydrogen-bond acceptors (Lipinski definition) is 8. The van der Waals surface area contributed by atoms with Crippen LogP contribution in [0.4, 0.5) is 4.39 Å². The summed E-state index contributed by atoms with van der Waals surface area (Å²) in [4.78, 5) is 38.6. The maximum atomic E-state index is 15.7. The van der Waals surface area contributed by atoms with Gasteiger partial charge < -0.3 is 31.7 Å². The number of primary amides is 1. The topological polar surface area (TPSA) is 162 Å². The van der Waals surface area contributed by atoms with E-state index >= 15 is 4.39 Å². The van der Waals surface area contributed by atoms with Gasteiger partial charge in [-0.15, -0.1) is 0 Å². The van der Waals surface area contributed by atoms with Crippen molar-refractivity contribution in [2.45, 2.75) is 44.7 Å². The number of amides is 1. The number of carbonyl (C=O) groups excluding carboxylic acids is 3. The Hall–Kier alpha value is -3.24. The molecule has 10 heteroatoms. The van der Waals surface area contributed by atoms with E-state index in [2.05, 4.69) is 10.6 Å². The van der Waals surface area contributed by atoms with Crippen LogP contribution in [0, 0.1) is 23.6 Å². The van der Waals surface area contributed by atoms with Crippen molar-refractivity contribution in [2.24, 2.45) is 23.5 Å². The minimum atomic E-state index is -1.26. The van der Waals surface area contributed by atoms with Gasteiger partial charge in [-0.2, -0.15) is 0 Å². The highest BCUT2D eigenvalue weighted by Crippen LogP contribution is 2.50. The molecule has 1 fully saturated rings. The molecule has 3 aliphatic carbocycles. The summed E-state index contributed by atoms with van der Waals surface area (Å²) < 4.78 is 15.7. The molecular weight excluding hydrogens is 457 g/mol. The monoisotopic (exact) mass is 485 g/mol. The van der Waals surface area contributed by atoms with Crippen LogP contribution in [0.25, 0.3) is 0 Å². The molecule has 0 saturated carbocycles. The summed E-state index contributed by atoms with van der Waals surface area (Å²) in [6.07, 6.45) is 1.81. The summed E-state index contributed by atoms with van der Waals surface area (Å²) in [7, 11) is 0. The molecule has 1 amide bonds. The van der Waals surface area contributed by atoms with Crippen molar-refractivity contribution in [1.82, 2.24) is 10.6 Å². The van der Waals surface area contributed by atoms with E-state index in [0.717, 1.165) is 13.0 Å². The van der Waals surface area contributed by atoms with E-state index < -0.39 is 64.2 Å². The van der Waals surface area contributed by atoms with Crippen LogP contribution in [0.5, 0.6) is 5.75 Å². The van der Waals surface area contributed by atoms with Crippen molar-refractivity contribution >= 4 is 17.5 Å². The zero-order valence-electron chi connectivity index (χ0n) is 19.2. The van der Waals surface area contributed by atoms with Crippen LogP contribution in [0.2, 0.25) is 0 Å². The van der Waals surface area contributed by atoms with E-state index in [1.54, 1.807) is 6.92 Å². The van der Waals surface area contributed by atoms with Crippen LogP contribution in [-0.2, 0) is 16.0 Å². The maximum Gasteiger partial charge on any atom is 0.255 e. The molecule has 5 atom stereocenters. The van der Waals surface area contributed by atoms with E-state index in [4.69, 9.17) is 5.73 Å². The van der Waals surface area contributed by atoms with Crippen LogP contribution < -0.4 is 16.4 Å². The number of carbonyl (C=O) groups is 3. The molecule has 0 radical (unpaired) electrons. The SMILES string of the molecule is CCN[C@@H]1C(O)=C(C(N)=O)C(=O)[C@H]2C(O)=C3C(=O)c4c(O)cc(C5CCCN5)c(F)c4C[C@H]3C[C@H]21. The van der Waals surface area contributed by atoms with Crippen LogP contribution in [0.3, 0.4) is 0 Å². The number of fused-ring (bicyclic) bond motifs is 3. The number of benzene rings is 1. The Morgan fingerprint density at radius 1 is 1.26 bits per heavy atom. The smallest absolute Gasteiger partial charge is 0.255 e. The highest BCUT2D eigenvalue weighted by atomic mass is 19.1. The second kappa shape index (κ2) is 8.46. The molecule has 1 unspecified atom stereocenters. The Kier molecular flexibility index (Phi) is 5.68. The number of likely N-dealkylation sites (N-methyl/N-ethyl adjacent to an activating group) is 1. The van der Waals surface area contributed by atoms with E-state index in [0.29, 0.717) is 18.5 Å². The molecule has 1 aromatic rings. The van der Waals surface area contributed by atoms with E-state index in [1.165, 1.54) is 6.07 Å². The summed E-state index contributed by atoms with van der Waals surface area (Å²) in [5.74, 6) is -7.19. The third-order valence-electron chi connectivity index (χ3n) is 7.87. The largest absolute Gasteiger partial charge is 0.511 e. The third-order valence-corrected chi connectivity index (χ3v) is 7.87. The first kappa shape index (κ1) is 23.5. The highest BCUT2D eigenvalue weighted by molar-refractivity contribution is 6.22. The number of ketones is 2. The lowest BCUT2D eigenvalue weighted by Crippen LogP contribution is -2.53. The molecule has 4 aliphatic rings. The summed E-state index contributed by atoms with van der Waals surface area (Å²) in [5.41, 5.74) is 4.88. The maximum absolute atomic E-state index is 15.7. The quantitative estimate of drug-likeness (QED) is 0.351. The number of phenols is 1. The Balaban J connectivity index is 1.63. The molecule has 0 bridgehead atoms. The van der Waals surface area contributed by atoms with E-state index in [9.17, 15) is 29.7 Å². The summed E-state index contributed by atoms with van der Waals surface area (Å²) >= 11 is 0.